The van der Waals surface area contributed by atoms with Gasteiger partial charge in [-0.2, -0.15) is 0 Å². The summed E-state index contributed by atoms with van der Waals surface area (Å²) in [4.78, 5) is 72.5. The van der Waals surface area contributed by atoms with E-state index < -0.39 is 0 Å². The molecule has 4 fully saturated rings. The van der Waals surface area contributed by atoms with Crippen LogP contribution in [-0.4, -0.2) is 99.6 Å². The first-order valence-electron chi connectivity index (χ1n) is 30.2. The lowest BCUT2D eigenvalue weighted by atomic mass is 10.2. The molecule has 8 heterocycles. The number of pyridine rings is 2. The fraction of sp³-hybridized carbons (Fsp3) is 0.500. The molecule has 21 heteroatoms. The van der Waals surface area contributed by atoms with Crippen LogP contribution in [0.15, 0.2) is 123 Å². The Morgan fingerprint density at radius 2 is 1.08 bits per heavy atom. The molecular weight excluding hydrogens is 1200 g/mol. The summed E-state index contributed by atoms with van der Waals surface area (Å²) in [5, 5.41) is 0. The Kier molecular flexibility index (Phi) is 21.3. The number of fused-ring (bicyclic) bond motifs is 2. The van der Waals surface area contributed by atoms with E-state index in [2.05, 4.69) is 37.5 Å². The van der Waals surface area contributed by atoms with E-state index in [1.807, 2.05) is 122 Å². The highest BCUT2D eigenvalue weighted by Crippen LogP contribution is 2.34. The highest BCUT2D eigenvalue weighted by molar-refractivity contribution is 14.1. The number of nitrogens with zero attached hydrogens (tertiary/aromatic N) is 10. The lowest BCUT2D eigenvalue weighted by Gasteiger charge is -2.22. The number of ether oxygens (including phenoxy) is 6. The molecule has 4 aliphatic rings. The third kappa shape index (κ3) is 15.8. The smallest absolute Gasteiger partial charge is 0.332 e. The van der Waals surface area contributed by atoms with E-state index in [9.17, 15) is 19.2 Å². The molecule has 2 aliphatic carbocycles. The maximum absolute atomic E-state index is 14.2. The van der Waals surface area contributed by atoms with Crippen molar-refractivity contribution in [1.29, 1.82) is 0 Å². The number of benzene rings is 2. The Balaban J connectivity index is 0.000000162. The van der Waals surface area contributed by atoms with Crippen molar-refractivity contribution in [3.63, 3.8) is 0 Å². The molecule has 12 rings (SSSR count). The normalized spacial score (nSPS) is 17.0. The fourth-order valence-electron chi connectivity index (χ4n) is 10.5. The Morgan fingerprint density at radius 1 is 0.565 bits per heavy atom. The SMILES string of the molecule is CC(C)n1c(=O)n(CCCOC2CCCCO2)c(=O)c2c1nc(-c1cccnc1OCC1CC1)n2Cc1ccccc1.CC(C)n1c(=O)n(CCCOC2CCCCO2)c(=O)c2c1ncn2Cc1ccccc1.Ic1cccnc1OCC1CC1. The molecule has 2 aromatic carbocycles. The molecular formula is C64H79IN10O10. The van der Waals surface area contributed by atoms with Crippen LogP contribution in [0.1, 0.15) is 128 Å². The summed E-state index contributed by atoms with van der Waals surface area (Å²) in [5.74, 6) is 3.16. The number of hydrogen-bond donors (Lipinski definition) is 0. The number of halogens is 1. The Morgan fingerprint density at radius 3 is 1.61 bits per heavy atom. The largest absolute Gasteiger partial charge is 0.477 e. The van der Waals surface area contributed by atoms with Crippen LogP contribution in [0, 0.1) is 15.4 Å². The van der Waals surface area contributed by atoms with Crippen LogP contribution in [0.3, 0.4) is 0 Å². The van der Waals surface area contributed by atoms with E-state index in [0.29, 0.717) is 104 Å². The average Bonchev–Trinajstić information content (AvgIpc) is 1.97. The maximum atomic E-state index is 14.2. The molecule has 2 unspecified atom stereocenters. The van der Waals surface area contributed by atoms with Crippen LogP contribution in [0.25, 0.3) is 33.7 Å². The minimum Gasteiger partial charge on any atom is -0.477 e. The number of rotatable bonds is 23. The van der Waals surface area contributed by atoms with Gasteiger partial charge in [0.05, 0.1) is 41.9 Å². The molecule has 0 spiro atoms. The van der Waals surface area contributed by atoms with Crippen molar-refractivity contribution in [2.45, 2.75) is 156 Å². The minimum absolute atomic E-state index is 0.117. The van der Waals surface area contributed by atoms with Gasteiger partial charge >= 0.3 is 11.4 Å². The zero-order valence-corrected chi connectivity index (χ0v) is 51.4. The van der Waals surface area contributed by atoms with Gasteiger partial charge in [0.1, 0.15) is 5.82 Å². The summed E-state index contributed by atoms with van der Waals surface area (Å²) >= 11 is 2.24. The van der Waals surface area contributed by atoms with E-state index in [-0.39, 0.29) is 53.7 Å². The van der Waals surface area contributed by atoms with Crippen LogP contribution in [0.4, 0.5) is 0 Å². The second kappa shape index (κ2) is 29.5. The van der Waals surface area contributed by atoms with Gasteiger partial charge in [0.2, 0.25) is 11.8 Å². The molecule has 2 saturated carbocycles. The minimum atomic E-state index is -0.372. The van der Waals surface area contributed by atoms with Crippen molar-refractivity contribution in [1.82, 2.24) is 47.3 Å². The first-order chi connectivity index (χ1) is 41.4. The topological polar surface area (TPSA) is 205 Å². The molecule has 0 amide bonds. The van der Waals surface area contributed by atoms with Crippen molar-refractivity contribution in [2.24, 2.45) is 11.8 Å². The van der Waals surface area contributed by atoms with Gasteiger partial charge in [0.25, 0.3) is 11.1 Å². The predicted octanol–water partition coefficient (Wildman–Crippen LogP) is 10.2. The van der Waals surface area contributed by atoms with Crippen molar-refractivity contribution >= 4 is 44.9 Å². The van der Waals surface area contributed by atoms with E-state index in [4.69, 9.17) is 33.4 Å². The summed E-state index contributed by atoms with van der Waals surface area (Å²) < 4.78 is 45.3. The Labute approximate surface area is 508 Å². The van der Waals surface area contributed by atoms with E-state index in [1.165, 1.54) is 22.0 Å². The van der Waals surface area contributed by atoms with Gasteiger partial charge < -0.3 is 37.6 Å². The zero-order valence-electron chi connectivity index (χ0n) is 49.3. The van der Waals surface area contributed by atoms with Gasteiger partial charge in [-0.25, -0.2) is 29.5 Å². The maximum Gasteiger partial charge on any atom is 0.332 e. The number of aromatic nitrogens is 10. The van der Waals surface area contributed by atoms with E-state index >= 15 is 0 Å². The average molecular weight is 1280 g/mol. The molecule has 0 N–H and O–H groups in total. The highest BCUT2D eigenvalue weighted by atomic mass is 127. The molecule has 0 radical (unpaired) electrons. The monoisotopic (exact) mass is 1270 g/mol. The summed E-state index contributed by atoms with van der Waals surface area (Å²) in [6, 6.07) is 27.2. The summed E-state index contributed by atoms with van der Waals surface area (Å²) in [7, 11) is 0. The highest BCUT2D eigenvalue weighted by Gasteiger charge is 2.28. The Bertz CT molecular complexity index is 3710. The summed E-state index contributed by atoms with van der Waals surface area (Å²) in [6.07, 6.45) is 16.8. The second-order valence-electron chi connectivity index (χ2n) is 22.8. The van der Waals surface area contributed by atoms with Gasteiger partial charge in [-0.3, -0.25) is 27.9 Å². The van der Waals surface area contributed by atoms with Crippen molar-refractivity contribution in [3.05, 3.63) is 160 Å². The zero-order chi connectivity index (χ0) is 59.2. The lowest BCUT2D eigenvalue weighted by Crippen LogP contribution is -2.41. The van der Waals surface area contributed by atoms with Crippen LogP contribution in [-0.2, 0) is 45.1 Å². The molecule has 6 aromatic heterocycles. The quantitative estimate of drug-likeness (QED) is 0.0432. The van der Waals surface area contributed by atoms with Gasteiger partial charge in [-0.05, 0) is 175 Å². The van der Waals surface area contributed by atoms with E-state index in [1.54, 1.807) is 27.9 Å². The first-order valence-corrected chi connectivity index (χ1v) is 31.3. The third-order valence-corrected chi connectivity index (χ3v) is 16.2. The molecule has 8 aromatic rings. The molecule has 20 nitrogen and oxygen atoms in total. The number of imidazole rings is 2. The lowest BCUT2D eigenvalue weighted by molar-refractivity contribution is -0.163. The molecule has 452 valence electrons. The van der Waals surface area contributed by atoms with Crippen LogP contribution >= 0.6 is 22.6 Å². The fourth-order valence-corrected chi connectivity index (χ4v) is 11.0. The molecule has 2 atom stereocenters. The molecule has 2 aliphatic heterocycles. The van der Waals surface area contributed by atoms with Gasteiger partial charge in [0.15, 0.2) is 34.9 Å². The van der Waals surface area contributed by atoms with Crippen LogP contribution in [0.5, 0.6) is 11.8 Å². The van der Waals surface area contributed by atoms with Crippen LogP contribution in [0.2, 0.25) is 0 Å². The number of hydrogen-bond acceptors (Lipinski definition) is 14. The standard InChI is InChI=1S/C32H39N5O5.C23H30N4O4.C9H10INO/c1-22(2)37-29-27(31(38)35(32(37)39)17-9-19-41-26-13-6-7-18-40-26)36(20-23-10-4-3-5-11-23)28(34-29)25-12-8-16-33-30(25)42-21-24-14-15-24;1-17(2)27-21-20(25(16-24-21)15-18-9-4-3-5-10-18)22(28)26(23(27)29)12-8-14-31-19-11-6-7-13-30-19;10-8-2-1-5-11-9(8)12-6-7-3-4-7/h3-5,8,10-12,16,22,24,26H,6-7,9,13-15,17-21H2,1-2H3;3-5,9-10,16-17,19H,6-8,11-15H2,1-2H3;1-2,5,7H,3-4,6H2. The van der Waals surface area contributed by atoms with Gasteiger partial charge in [-0.1, -0.05) is 60.7 Å². The second-order valence-corrected chi connectivity index (χ2v) is 24.0. The van der Waals surface area contributed by atoms with Crippen molar-refractivity contribution in [2.75, 3.05) is 39.6 Å². The van der Waals surface area contributed by atoms with Crippen LogP contribution < -0.4 is 32.0 Å². The van der Waals surface area contributed by atoms with Crippen molar-refractivity contribution < 1.29 is 28.4 Å². The van der Waals surface area contributed by atoms with Gasteiger partial charge in [0, 0.05) is 63.9 Å². The predicted molar refractivity (Wildman–Crippen MR) is 333 cm³/mol. The molecule has 85 heavy (non-hydrogen) atoms. The van der Waals surface area contributed by atoms with E-state index in [0.717, 1.165) is 91.1 Å². The first kappa shape index (κ1) is 61.3. The molecule has 0 bridgehead atoms. The summed E-state index contributed by atoms with van der Waals surface area (Å²) in [5.41, 5.74) is 3.04. The van der Waals surface area contributed by atoms with Gasteiger partial charge in [-0.15, -0.1) is 0 Å². The Hall–Kier alpha value is -6.79. The third-order valence-electron chi connectivity index (χ3n) is 15.4. The molecule has 2 saturated heterocycles. The van der Waals surface area contributed by atoms with Crippen molar-refractivity contribution in [3.8, 4) is 23.1 Å². The summed E-state index contributed by atoms with van der Waals surface area (Å²) in [6.45, 7) is 12.9.